The van der Waals surface area contributed by atoms with Gasteiger partial charge >= 0.3 is 59.1 Å². The standard InChI is InChI=1S/C10H8O6S2.2Na.2H/c11-17(12,13)8-5-7-3-1-2-4-9(7)10(6-8)18(14,15)16;;;;/h1-6H,(H,11,12,13)(H,14,15,16);;;;. The monoisotopic (exact) mass is 336 g/mol. The van der Waals surface area contributed by atoms with Gasteiger partial charge in [-0.2, -0.15) is 16.8 Å². The van der Waals surface area contributed by atoms with Gasteiger partial charge in [-0.1, -0.05) is 24.3 Å². The van der Waals surface area contributed by atoms with Crippen LogP contribution in [0.1, 0.15) is 0 Å². The molecule has 2 N–H and O–H groups in total. The van der Waals surface area contributed by atoms with Crippen LogP contribution in [-0.2, 0) is 20.2 Å². The molecule has 0 aliphatic heterocycles. The van der Waals surface area contributed by atoms with Gasteiger partial charge in [-0.25, -0.2) is 0 Å². The van der Waals surface area contributed by atoms with E-state index in [9.17, 15) is 16.8 Å². The first-order chi connectivity index (χ1) is 8.19. The Bertz CT molecular complexity index is 830. The molecule has 0 saturated carbocycles. The quantitative estimate of drug-likeness (QED) is 0.592. The first kappa shape index (κ1) is 20.5. The van der Waals surface area contributed by atoms with Crippen LogP contribution in [0.4, 0.5) is 0 Å². The van der Waals surface area contributed by atoms with Crippen LogP contribution in [0.25, 0.3) is 10.8 Å². The van der Waals surface area contributed by atoms with Gasteiger partial charge in [-0.3, -0.25) is 9.11 Å². The molecule has 0 heterocycles. The summed E-state index contributed by atoms with van der Waals surface area (Å²) in [5.74, 6) is 0. The number of benzene rings is 2. The summed E-state index contributed by atoms with van der Waals surface area (Å²) in [6.07, 6.45) is 0. The van der Waals surface area contributed by atoms with Crippen LogP contribution in [0.3, 0.4) is 0 Å². The molecule has 2 rings (SSSR count). The third kappa shape index (κ3) is 4.51. The third-order valence-corrected chi connectivity index (χ3v) is 4.10. The number of fused-ring (bicyclic) bond motifs is 1. The second kappa shape index (κ2) is 7.19. The summed E-state index contributed by atoms with van der Waals surface area (Å²) in [4.78, 5) is -1.15. The molecule has 0 amide bonds. The second-order valence-electron chi connectivity index (χ2n) is 3.59. The fourth-order valence-electron chi connectivity index (χ4n) is 1.61. The molecule has 100 valence electrons. The zero-order valence-corrected chi connectivity index (χ0v) is 10.4. The molecule has 0 atom stereocenters. The molecule has 0 aliphatic rings. The molecule has 0 spiro atoms. The van der Waals surface area contributed by atoms with Gasteiger partial charge in [0, 0.05) is 5.39 Å². The Balaban J connectivity index is 0.00000180. The summed E-state index contributed by atoms with van der Waals surface area (Å²) in [6, 6.07) is 7.85. The van der Waals surface area contributed by atoms with E-state index in [1.54, 1.807) is 12.1 Å². The molecule has 0 saturated heterocycles. The summed E-state index contributed by atoms with van der Waals surface area (Å²) in [6.45, 7) is 0. The molecule has 0 unspecified atom stereocenters. The average Bonchev–Trinajstić information content (AvgIpc) is 2.25. The minimum atomic E-state index is -4.59. The summed E-state index contributed by atoms with van der Waals surface area (Å²) in [7, 11) is -9.14. The van der Waals surface area contributed by atoms with E-state index in [-0.39, 0.29) is 69.9 Å². The van der Waals surface area contributed by atoms with Gasteiger partial charge in [-0.05, 0) is 17.5 Å². The van der Waals surface area contributed by atoms with Crippen LogP contribution >= 0.6 is 0 Å². The molecule has 20 heavy (non-hydrogen) atoms. The van der Waals surface area contributed by atoms with Gasteiger partial charge in [0.1, 0.15) is 4.90 Å². The van der Waals surface area contributed by atoms with Crippen LogP contribution in [0.15, 0.2) is 46.2 Å². The van der Waals surface area contributed by atoms with Crippen molar-refractivity contribution in [2.75, 3.05) is 0 Å². The van der Waals surface area contributed by atoms with E-state index in [4.69, 9.17) is 9.11 Å². The predicted octanol–water partition coefficient (Wildman–Crippen LogP) is 0.0362. The molecule has 0 aliphatic carbocycles. The summed E-state index contributed by atoms with van der Waals surface area (Å²) < 4.78 is 62.5. The summed E-state index contributed by atoms with van der Waals surface area (Å²) >= 11 is 0. The minimum absolute atomic E-state index is 0. The van der Waals surface area contributed by atoms with E-state index in [1.807, 2.05) is 0 Å². The zero-order chi connectivity index (χ0) is 13.6. The van der Waals surface area contributed by atoms with E-state index < -0.39 is 30.0 Å². The second-order valence-corrected chi connectivity index (χ2v) is 6.40. The number of hydrogen-bond donors (Lipinski definition) is 2. The first-order valence-electron chi connectivity index (χ1n) is 4.67. The molecular formula is C10H10Na2O6S2. The van der Waals surface area contributed by atoms with Crippen molar-refractivity contribution < 1.29 is 25.9 Å². The van der Waals surface area contributed by atoms with E-state index in [0.717, 1.165) is 6.07 Å². The van der Waals surface area contributed by atoms with Gasteiger partial charge in [0.15, 0.2) is 0 Å². The van der Waals surface area contributed by atoms with Gasteiger partial charge in [0.05, 0.1) is 4.90 Å². The van der Waals surface area contributed by atoms with Crippen molar-refractivity contribution in [3.8, 4) is 0 Å². The van der Waals surface area contributed by atoms with Crippen LogP contribution in [0.5, 0.6) is 0 Å². The fourth-order valence-corrected chi connectivity index (χ4v) is 2.97. The Kier molecular flexibility index (Phi) is 7.37. The van der Waals surface area contributed by atoms with Crippen molar-refractivity contribution in [3.05, 3.63) is 36.4 Å². The maximum atomic E-state index is 11.2. The van der Waals surface area contributed by atoms with Crippen LogP contribution in [0.2, 0.25) is 0 Å². The van der Waals surface area contributed by atoms with Gasteiger partial charge in [-0.15, -0.1) is 0 Å². The fraction of sp³-hybridized carbons (Fsp3) is 0. The Hall–Kier alpha value is 0.520. The average molecular weight is 336 g/mol. The topological polar surface area (TPSA) is 109 Å². The van der Waals surface area contributed by atoms with Crippen molar-refractivity contribution in [2.24, 2.45) is 0 Å². The molecule has 10 heteroatoms. The Labute approximate surface area is 160 Å². The number of rotatable bonds is 2. The van der Waals surface area contributed by atoms with E-state index in [0.29, 0.717) is 6.07 Å². The Morgan fingerprint density at radius 1 is 0.800 bits per heavy atom. The molecular weight excluding hydrogens is 326 g/mol. The molecule has 2 aromatic rings. The zero-order valence-electron chi connectivity index (χ0n) is 8.81. The van der Waals surface area contributed by atoms with Crippen molar-refractivity contribution in [1.29, 1.82) is 0 Å². The van der Waals surface area contributed by atoms with Gasteiger partial charge in [0.2, 0.25) is 0 Å². The summed E-state index contributed by atoms with van der Waals surface area (Å²) in [5, 5.41) is 0.452. The summed E-state index contributed by atoms with van der Waals surface area (Å²) in [5.41, 5.74) is 0. The Morgan fingerprint density at radius 2 is 1.35 bits per heavy atom. The van der Waals surface area contributed by atoms with Gasteiger partial charge < -0.3 is 0 Å². The van der Waals surface area contributed by atoms with Crippen LogP contribution < -0.4 is 0 Å². The van der Waals surface area contributed by atoms with Crippen LogP contribution in [-0.4, -0.2) is 85.1 Å². The maximum absolute atomic E-state index is 11.2. The van der Waals surface area contributed by atoms with Crippen molar-refractivity contribution in [1.82, 2.24) is 0 Å². The van der Waals surface area contributed by atoms with Crippen molar-refractivity contribution in [3.63, 3.8) is 0 Å². The Morgan fingerprint density at radius 3 is 1.85 bits per heavy atom. The molecule has 2 aromatic carbocycles. The SMILES string of the molecule is O=S(=O)(O)c1cc(S(=O)(=O)O)c2ccccc2c1.[NaH].[NaH]. The number of hydrogen-bond acceptors (Lipinski definition) is 4. The predicted molar refractivity (Wildman–Crippen MR) is 77.9 cm³/mol. The molecule has 0 aromatic heterocycles. The van der Waals surface area contributed by atoms with Crippen molar-refractivity contribution in [2.45, 2.75) is 9.79 Å². The van der Waals surface area contributed by atoms with E-state index >= 15 is 0 Å². The molecule has 0 fully saturated rings. The molecule has 0 bridgehead atoms. The molecule has 6 nitrogen and oxygen atoms in total. The first-order valence-corrected chi connectivity index (χ1v) is 7.55. The third-order valence-electron chi connectivity index (χ3n) is 2.37. The van der Waals surface area contributed by atoms with Crippen LogP contribution in [0, 0.1) is 0 Å². The normalized spacial score (nSPS) is 11.5. The van der Waals surface area contributed by atoms with E-state index in [2.05, 4.69) is 0 Å². The van der Waals surface area contributed by atoms with E-state index in [1.165, 1.54) is 12.1 Å². The molecule has 0 radical (unpaired) electrons. The van der Waals surface area contributed by atoms with Crippen molar-refractivity contribution >= 4 is 90.1 Å². The van der Waals surface area contributed by atoms with Gasteiger partial charge in [0.25, 0.3) is 20.2 Å².